The fraction of sp³-hybridized carbons (Fsp3) is 0.0476. The van der Waals surface area contributed by atoms with Crippen molar-refractivity contribution >= 4 is 77.4 Å². The minimum Gasteiger partial charge on any atom is -0.496 e. The number of carbonyl (C=O) groups excluding carboxylic acids is 2. The van der Waals surface area contributed by atoms with Gasteiger partial charge in [-0.15, -0.1) is 0 Å². The number of nitrogens with one attached hydrogen (secondary N) is 3. The van der Waals surface area contributed by atoms with E-state index in [1.165, 1.54) is 17.6 Å². The molecule has 2 aromatic carbocycles. The van der Waals surface area contributed by atoms with Crippen molar-refractivity contribution in [2.24, 2.45) is 0 Å². The second-order valence-electron chi connectivity index (χ2n) is 6.39. The number of hydrogen-bond donors (Lipinski definition) is 3. The molecular formula is C21H15BrN4O4S2. The highest BCUT2D eigenvalue weighted by Gasteiger charge is 2.14. The molecule has 0 fully saturated rings. The summed E-state index contributed by atoms with van der Waals surface area (Å²) in [7, 11) is 1.55. The van der Waals surface area contributed by atoms with Crippen LogP contribution >= 0.6 is 39.5 Å². The van der Waals surface area contributed by atoms with Crippen LogP contribution in [0.25, 0.3) is 10.2 Å². The number of nitrogens with zero attached hydrogens (tertiary/aromatic N) is 1. The third-order valence-corrected chi connectivity index (χ3v) is 6.01. The first-order chi connectivity index (χ1) is 15.4. The van der Waals surface area contributed by atoms with E-state index < -0.39 is 0 Å². The Hall–Kier alpha value is -3.28. The van der Waals surface area contributed by atoms with E-state index >= 15 is 0 Å². The molecule has 2 amide bonds. The fourth-order valence-electron chi connectivity index (χ4n) is 2.77. The van der Waals surface area contributed by atoms with E-state index in [1.807, 2.05) is 6.07 Å². The van der Waals surface area contributed by atoms with Crippen molar-refractivity contribution in [1.29, 1.82) is 0 Å². The van der Waals surface area contributed by atoms with Crippen LogP contribution in [0.3, 0.4) is 0 Å². The van der Waals surface area contributed by atoms with Gasteiger partial charge in [-0.2, -0.15) is 0 Å². The van der Waals surface area contributed by atoms with Gasteiger partial charge in [0.25, 0.3) is 11.8 Å². The van der Waals surface area contributed by atoms with E-state index in [9.17, 15) is 9.59 Å². The van der Waals surface area contributed by atoms with Crippen molar-refractivity contribution in [2.45, 2.75) is 0 Å². The molecule has 11 heteroatoms. The van der Waals surface area contributed by atoms with Gasteiger partial charge in [-0.05, 0) is 76.7 Å². The predicted octanol–water partition coefficient (Wildman–Crippen LogP) is 5.04. The Balaban J connectivity index is 1.41. The van der Waals surface area contributed by atoms with Crippen LogP contribution in [0, 0.1) is 0 Å². The van der Waals surface area contributed by atoms with Crippen molar-refractivity contribution < 1.29 is 18.7 Å². The molecule has 0 aliphatic carbocycles. The number of rotatable bonds is 5. The molecule has 2 aromatic heterocycles. The second kappa shape index (κ2) is 9.47. The first-order valence-corrected chi connectivity index (χ1v) is 11.2. The van der Waals surface area contributed by atoms with Crippen LogP contribution in [0.1, 0.15) is 20.9 Å². The van der Waals surface area contributed by atoms with Crippen LogP contribution < -0.4 is 20.7 Å². The topological polar surface area (TPSA) is 105 Å². The van der Waals surface area contributed by atoms with Gasteiger partial charge in [0.15, 0.2) is 16.0 Å². The van der Waals surface area contributed by atoms with Gasteiger partial charge in [0.05, 0.1) is 28.1 Å². The lowest BCUT2D eigenvalue weighted by molar-refractivity contribution is 0.0975. The standard InChI is InChI=1S/C21H15BrN4O4S2/c1-29-15-7-4-11(9-13(15)22)18(27)25-20(31)23-12-5-6-14-17(10-12)32-21(24-14)26-19(28)16-3-2-8-30-16/h2-10H,1H3,(H,24,26,28)(H2,23,25,27,31). The molecule has 32 heavy (non-hydrogen) atoms. The average molecular weight is 531 g/mol. The summed E-state index contributed by atoms with van der Waals surface area (Å²) in [5.41, 5.74) is 1.82. The van der Waals surface area contributed by atoms with Gasteiger partial charge in [0.2, 0.25) is 0 Å². The lowest BCUT2D eigenvalue weighted by atomic mass is 10.2. The van der Waals surface area contributed by atoms with Crippen molar-refractivity contribution in [3.8, 4) is 5.75 Å². The summed E-state index contributed by atoms with van der Waals surface area (Å²) in [4.78, 5) is 29.0. The lowest BCUT2D eigenvalue weighted by Crippen LogP contribution is -2.34. The molecule has 0 saturated carbocycles. The van der Waals surface area contributed by atoms with Crippen LogP contribution in [0.5, 0.6) is 5.75 Å². The largest absolute Gasteiger partial charge is 0.496 e. The third-order valence-electron chi connectivity index (χ3n) is 4.25. The number of methoxy groups -OCH3 is 1. The number of carbonyl (C=O) groups is 2. The second-order valence-corrected chi connectivity index (χ2v) is 8.68. The Morgan fingerprint density at radius 2 is 1.97 bits per heavy atom. The summed E-state index contributed by atoms with van der Waals surface area (Å²) in [6.45, 7) is 0. The molecule has 4 rings (SSSR count). The fourth-order valence-corrected chi connectivity index (χ4v) is 4.42. The van der Waals surface area contributed by atoms with Gasteiger partial charge < -0.3 is 14.5 Å². The number of hydrogen-bond acceptors (Lipinski definition) is 7. The number of amides is 2. The van der Waals surface area contributed by atoms with Gasteiger partial charge in [0, 0.05) is 11.3 Å². The van der Waals surface area contributed by atoms with E-state index in [4.69, 9.17) is 21.4 Å². The number of furan rings is 1. The summed E-state index contributed by atoms with van der Waals surface area (Å²) in [5.74, 6) is 0.102. The maximum absolute atomic E-state index is 12.5. The van der Waals surface area contributed by atoms with Gasteiger partial charge in [0.1, 0.15) is 5.75 Å². The lowest BCUT2D eigenvalue weighted by Gasteiger charge is -2.10. The molecule has 2 heterocycles. The van der Waals surface area contributed by atoms with Crippen molar-refractivity contribution in [3.63, 3.8) is 0 Å². The quantitative estimate of drug-likeness (QED) is 0.310. The third kappa shape index (κ3) is 4.96. The monoisotopic (exact) mass is 530 g/mol. The summed E-state index contributed by atoms with van der Waals surface area (Å²) >= 11 is 9.93. The SMILES string of the molecule is COc1ccc(C(=O)NC(=S)Nc2ccc3nc(NC(=O)c4ccco4)sc3c2)cc1Br. The van der Waals surface area contributed by atoms with E-state index in [2.05, 4.69) is 36.9 Å². The summed E-state index contributed by atoms with van der Waals surface area (Å²) in [5, 5.41) is 8.93. The number of anilines is 2. The molecule has 8 nitrogen and oxygen atoms in total. The van der Waals surface area contributed by atoms with E-state index in [0.29, 0.717) is 32.1 Å². The molecule has 0 radical (unpaired) electrons. The number of thiocarbonyl (C=S) groups is 1. The van der Waals surface area contributed by atoms with Crippen LogP contribution in [-0.4, -0.2) is 29.0 Å². The first-order valence-electron chi connectivity index (χ1n) is 9.14. The maximum Gasteiger partial charge on any atom is 0.293 e. The molecule has 0 bridgehead atoms. The molecule has 0 aliphatic rings. The van der Waals surface area contributed by atoms with Gasteiger partial charge >= 0.3 is 0 Å². The van der Waals surface area contributed by atoms with Gasteiger partial charge in [-0.25, -0.2) is 4.98 Å². The summed E-state index contributed by atoms with van der Waals surface area (Å²) < 4.78 is 11.7. The maximum atomic E-state index is 12.5. The minimum atomic E-state index is -0.374. The molecule has 162 valence electrons. The average Bonchev–Trinajstić information content (AvgIpc) is 3.43. The van der Waals surface area contributed by atoms with E-state index in [0.717, 1.165) is 4.70 Å². The Kier molecular flexibility index (Phi) is 6.49. The highest BCUT2D eigenvalue weighted by Crippen LogP contribution is 2.29. The zero-order valence-electron chi connectivity index (χ0n) is 16.5. The van der Waals surface area contributed by atoms with Crippen LogP contribution in [0.4, 0.5) is 10.8 Å². The molecule has 0 aliphatic heterocycles. The first kappa shape index (κ1) is 21.9. The molecule has 0 atom stereocenters. The number of halogens is 1. The Bertz CT molecular complexity index is 1320. The molecular weight excluding hydrogens is 516 g/mol. The zero-order valence-corrected chi connectivity index (χ0v) is 19.7. The number of aromatic nitrogens is 1. The highest BCUT2D eigenvalue weighted by molar-refractivity contribution is 9.10. The normalized spacial score (nSPS) is 10.6. The molecule has 0 saturated heterocycles. The van der Waals surface area contributed by atoms with Crippen LogP contribution in [0.2, 0.25) is 0 Å². The van der Waals surface area contributed by atoms with E-state index in [-0.39, 0.29) is 22.7 Å². The van der Waals surface area contributed by atoms with Gasteiger partial charge in [-0.1, -0.05) is 11.3 Å². The smallest absolute Gasteiger partial charge is 0.293 e. The zero-order chi connectivity index (χ0) is 22.7. The number of fused-ring (bicyclic) bond motifs is 1. The Morgan fingerprint density at radius 1 is 1.12 bits per heavy atom. The number of ether oxygens (including phenoxy) is 1. The number of thiazole rings is 1. The van der Waals surface area contributed by atoms with Crippen LogP contribution in [0.15, 0.2) is 63.7 Å². The van der Waals surface area contributed by atoms with Gasteiger partial charge in [-0.3, -0.25) is 20.2 Å². The van der Waals surface area contributed by atoms with Crippen molar-refractivity contribution in [3.05, 3.63) is 70.6 Å². The predicted molar refractivity (Wildman–Crippen MR) is 131 cm³/mol. The Labute approximate surface area is 200 Å². The summed E-state index contributed by atoms with van der Waals surface area (Å²) in [6, 6.07) is 13.6. The molecule has 0 unspecified atom stereocenters. The van der Waals surface area contributed by atoms with Crippen molar-refractivity contribution in [2.75, 3.05) is 17.7 Å². The molecule has 4 aromatic rings. The van der Waals surface area contributed by atoms with Crippen molar-refractivity contribution in [1.82, 2.24) is 10.3 Å². The molecule has 0 spiro atoms. The molecule has 3 N–H and O–H groups in total. The highest BCUT2D eigenvalue weighted by atomic mass is 79.9. The Morgan fingerprint density at radius 3 is 2.69 bits per heavy atom. The summed E-state index contributed by atoms with van der Waals surface area (Å²) in [6.07, 6.45) is 1.43. The van der Waals surface area contributed by atoms with Crippen LogP contribution in [-0.2, 0) is 0 Å². The van der Waals surface area contributed by atoms with E-state index in [1.54, 1.807) is 49.6 Å². The minimum absolute atomic E-state index is 0.150. The number of benzene rings is 2.